The molecule has 0 bridgehead atoms. The molecule has 2 aliphatic rings. The first-order valence-corrected chi connectivity index (χ1v) is 17.5. The second-order valence-corrected chi connectivity index (χ2v) is 13.3. The van der Waals surface area contributed by atoms with Gasteiger partial charge in [0.1, 0.15) is 11.5 Å². The minimum atomic E-state index is -0.587. The summed E-state index contributed by atoms with van der Waals surface area (Å²) in [6, 6.07) is 72.0. The van der Waals surface area contributed by atoms with Gasteiger partial charge in [0, 0.05) is 33.8 Å². The molecule has 0 radical (unpaired) electrons. The maximum atomic E-state index is 6.93. The van der Waals surface area contributed by atoms with Crippen molar-refractivity contribution in [1.82, 2.24) is 0 Å². The van der Waals surface area contributed by atoms with E-state index < -0.39 is 5.41 Å². The fraction of sp³-hybridized carbons (Fsp3) is 0.0204. The van der Waals surface area contributed by atoms with Gasteiger partial charge in [-0.15, -0.1) is 0 Å². The van der Waals surface area contributed by atoms with Crippen LogP contribution in [-0.2, 0) is 5.41 Å². The highest BCUT2D eigenvalue weighted by Gasteiger charge is 2.51. The molecule has 8 aromatic carbocycles. The zero-order valence-electron chi connectivity index (χ0n) is 27.9. The van der Waals surface area contributed by atoms with Gasteiger partial charge in [-0.2, -0.15) is 0 Å². The van der Waals surface area contributed by atoms with E-state index in [1.54, 1.807) is 0 Å². The predicted molar refractivity (Wildman–Crippen MR) is 209 cm³/mol. The number of anilines is 3. The van der Waals surface area contributed by atoms with Gasteiger partial charge < -0.3 is 9.64 Å². The number of para-hydroxylation sites is 3. The molecule has 0 amide bonds. The molecular formula is C49H33NO. The largest absolute Gasteiger partial charge is 0.456 e. The van der Waals surface area contributed by atoms with Crippen LogP contribution in [0.1, 0.15) is 22.3 Å². The molecule has 1 atom stereocenters. The normalized spacial score (nSPS) is 14.9. The van der Waals surface area contributed by atoms with Crippen molar-refractivity contribution in [3.05, 3.63) is 222 Å². The van der Waals surface area contributed by atoms with Gasteiger partial charge in [0.15, 0.2) is 0 Å². The SMILES string of the molecule is c1ccc(-c2ccc(N(c3ccccc3)c3ccc4c(c3)C3(c5ccccc5Oc5c(-c6ccccc6)cccc53)c3ccccc3-4)cc2)cc1. The zero-order valence-corrected chi connectivity index (χ0v) is 27.9. The summed E-state index contributed by atoms with van der Waals surface area (Å²) in [6.07, 6.45) is 0. The number of rotatable bonds is 5. The first-order valence-electron chi connectivity index (χ1n) is 17.5. The highest BCUT2D eigenvalue weighted by Crippen LogP contribution is 2.63. The van der Waals surface area contributed by atoms with Crippen molar-refractivity contribution in [2.45, 2.75) is 5.41 Å². The lowest BCUT2D eigenvalue weighted by molar-refractivity contribution is 0.438. The van der Waals surface area contributed by atoms with Gasteiger partial charge in [-0.3, -0.25) is 0 Å². The molecule has 1 aliphatic carbocycles. The molecule has 1 aliphatic heterocycles. The molecule has 2 heteroatoms. The van der Waals surface area contributed by atoms with Crippen LogP contribution in [-0.4, -0.2) is 0 Å². The minimum Gasteiger partial charge on any atom is -0.456 e. The molecule has 1 spiro atoms. The van der Waals surface area contributed by atoms with E-state index >= 15 is 0 Å². The van der Waals surface area contributed by atoms with Gasteiger partial charge in [0.05, 0.1) is 5.41 Å². The smallest absolute Gasteiger partial charge is 0.140 e. The summed E-state index contributed by atoms with van der Waals surface area (Å²) in [4.78, 5) is 2.37. The van der Waals surface area contributed by atoms with Crippen molar-refractivity contribution in [2.24, 2.45) is 0 Å². The monoisotopic (exact) mass is 651 g/mol. The Labute approximate surface area is 298 Å². The van der Waals surface area contributed by atoms with Crippen LogP contribution in [0, 0.1) is 0 Å². The molecule has 8 aromatic rings. The molecule has 1 unspecified atom stereocenters. The third kappa shape index (κ3) is 4.50. The van der Waals surface area contributed by atoms with Crippen LogP contribution in [0.4, 0.5) is 17.1 Å². The number of nitrogens with zero attached hydrogens (tertiary/aromatic N) is 1. The zero-order chi connectivity index (χ0) is 33.8. The van der Waals surface area contributed by atoms with E-state index in [2.05, 4.69) is 205 Å². The van der Waals surface area contributed by atoms with Gasteiger partial charge >= 0.3 is 0 Å². The molecule has 0 fully saturated rings. The van der Waals surface area contributed by atoms with Crippen LogP contribution in [0.15, 0.2) is 200 Å². The average molecular weight is 652 g/mol. The highest BCUT2D eigenvalue weighted by atomic mass is 16.5. The van der Waals surface area contributed by atoms with E-state index in [9.17, 15) is 0 Å². The topological polar surface area (TPSA) is 12.5 Å². The summed E-state index contributed by atoms with van der Waals surface area (Å²) in [5, 5.41) is 0. The van der Waals surface area contributed by atoms with Crippen LogP contribution in [0.2, 0.25) is 0 Å². The van der Waals surface area contributed by atoms with E-state index in [1.165, 1.54) is 33.4 Å². The minimum absolute atomic E-state index is 0.587. The molecule has 0 saturated heterocycles. The van der Waals surface area contributed by atoms with Crippen molar-refractivity contribution in [3.63, 3.8) is 0 Å². The van der Waals surface area contributed by atoms with E-state index in [0.717, 1.165) is 50.8 Å². The Hall–Kier alpha value is -6.64. The summed E-state index contributed by atoms with van der Waals surface area (Å²) in [5.74, 6) is 1.80. The highest BCUT2D eigenvalue weighted by molar-refractivity contribution is 5.92. The van der Waals surface area contributed by atoms with Crippen LogP contribution in [0.25, 0.3) is 33.4 Å². The maximum Gasteiger partial charge on any atom is 0.140 e. The fourth-order valence-corrected chi connectivity index (χ4v) is 8.35. The van der Waals surface area contributed by atoms with Gasteiger partial charge in [0.25, 0.3) is 0 Å². The second kappa shape index (κ2) is 11.8. The summed E-state index contributed by atoms with van der Waals surface area (Å²) < 4.78 is 6.93. The van der Waals surface area contributed by atoms with Crippen molar-refractivity contribution in [3.8, 4) is 44.9 Å². The number of ether oxygens (including phenoxy) is 1. The third-order valence-electron chi connectivity index (χ3n) is 10.5. The van der Waals surface area contributed by atoms with Crippen LogP contribution >= 0.6 is 0 Å². The van der Waals surface area contributed by atoms with Gasteiger partial charge in [-0.25, -0.2) is 0 Å². The van der Waals surface area contributed by atoms with Gasteiger partial charge in [0.2, 0.25) is 0 Å². The number of hydrogen-bond acceptors (Lipinski definition) is 2. The Kier molecular flexibility index (Phi) is 6.75. The summed E-state index contributed by atoms with van der Waals surface area (Å²) in [5.41, 5.74) is 14.7. The van der Waals surface area contributed by atoms with Crippen molar-refractivity contribution in [2.75, 3.05) is 4.90 Å². The number of fused-ring (bicyclic) bond motifs is 9. The van der Waals surface area contributed by atoms with E-state index in [4.69, 9.17) is 4.74 Å². The van der Waals surface area contributed by atoms with Gasteiger partial charge in [-0.05, 0) is 81.4 Å². The summed E-state index contributed by atoms with van der Waals surface area (Å²) >= 11 is 0. The lowest BCUT2D eigenvalue weighted by Gasteiger charge is -2.40. The standard InChI is InChI=1S/C49H33NO/c1-4-15-34(16-5-1)35-27-29-38(30-28-35)50(37-19-8-3-9-20-37)39-31-32-42-41-21-10-11-23-43(41)49(46(42)33-39)44-24-12-13-26-47(44)51-48-40(22-14-25-45(48)49)36-17-6-2-7-18-36/h1-33H. The first-order chi connectivity index (χ1) is 25.3. The van der Waals surface area contributed by atoms with Crippen LogP contribution < -0.4 is 9.64 Å². The third-order valence-corrected chi connectivity index (χ3v) is 10.5. The number of benzene rings is 8. The van der Waals surface area contributed by atoms with Crippen molar-refractivity contribution >= 4 is 17.1 Å². The van der Waals surface area contributed by atoms with Crippen LogP contribution in [0.3, 0.4) is 0 Å². The fourth-order valence-electron chi connectivity index (χ4n) is 8.35. The Morgan fingerprint density at radius 2 is 0.863 bits per heavy atom. The molecule has 1 heterocycles. The van der Waals surface area contributed by atoms with E-state index in [1.807, 2.05) is 0 Å². The Balaban J connectivity index is 1.23. The quantitative estimate of drug-likeness (QED) is 0.184. The van der Waals surface area contributed by atoms with Crippen LogP contribution in [0.5, 0.6) is 11.5 Å². The first kappa shape index (κ1) is 29.3. The molecule has 0 N–H and O–H groups in total. The molecule has 0 saturated carbocycles. The Morgan fingerprint density at radius 3 is 1.63 bits per heavy atom. The van der Waals surface area contributed by atoms with Gasteiger partial charge in [-0.1, -0.05) is 158 Å². The molecule has 2 nitrogen and oxygen atoms in total. The maximum absolute atomic E-state index is 6.93. The van der Waals surface area contributed by atoms with Crippen molar-refractivity contribution in [1.29, 1.82) is 0 Å². The van der Waals surface area contributed by atoms with E-state index in [0.29, 0.717) is 0 Å². The lowest BCUT2D eigenvalue weighted by atomic mass is 9.65. The molecule has 51 heavy (non-hydrogen) atoms. The summed E-state index contributed by atoms with van der Waals surface area (Å²) in [7, 11) is 0. The Morgan fingerprint density at radius 1 is 0.333 bits per heavy atom. The molecule has 10 rings (SSSR count). The summed E-state index contributed by atoms with van der Waals surface area (Å²) in [6.45, 7) is 0. The van der Waals surface area contributed by atoms with E-state index in [-0.39, 0.29) is 0 Å². The molecule has 0 aromatic heterocycles. The molecule has 240 valence electrons. The lowest BCUT2D eigenvalue weighted by Crippen LogP contribution is -2.32. The average Bonchev–Trinajstić information content (AvgIpc) is 3.49. The molecular weight excluding hydrogens is 619 g/mol. The second-order valence-electron chi connectivity index (χ2n) is 13.3. The predicted octanol–water partition coefficient (Wildman–Crippen LogP) is 13.0. The van der Waals surface area contributed by atoms with Crippen molar-refractivity contribution < 1.29 is 4.74 Å². The number of hydrogen-bond donors (Lipinski definition) is 0. The Bertz CT molecular complexity index is 2540.